The summed E-state index contributed by atoms with van der Waals surface area (Å²) in [4.78, 5) is 13.2. The SMILES string of the molecule is CC1CCN(CCNC(=O)CCl)CC1. The molecule has 0 aromatic rings. The first kappa shape index (κ1) is 11.8. The standard InChI is InChI=1S/C10H19ClN2O/c1-9-2-5-13(6-3-9)7-4-12-10(14)8-11/h9H,2-8H2,1H3,(H,12,14). The zero-order chi connectivity index (χ0) is 10.4. The van der Waals surface area contributed by atoms with Gasteiger partial charge in [-0.1, -0.05) is 6.92 Å². The van der Waals surface area contributed by atoms with Crippen molar-refractivity contribution in [3.63, 3.8) is 0 Å². The zero-order valence-electron chi connectivity index (χ0n) is 8.76. The molecule has 4 heteroatoms. The van der Waals surface area contributed by atoms with E-state index in [9.17, 15) is 4.79 Å². The minimum absolute atomic E-state index is 0.0665. The summed E-state index contributed by atoms with van der Waals surface area (Å²) >= 11 is 5.37. The lowest BCUT2D eigenvalue weighted by Crippen LogP contribution is -2.39. The first-order chi connectivity index (χ1) is 6.72. The Morgan fingerprint density at radius 3 is 2.71 bits per heavy atom. The van der Waals surface area contributed by atoms with Crippen LogP contribution in [0.4, 0.5) is 0 Å². The topological polar surface area (TPSA) is 32.3 Å². The summed E-state index contributed by atoms with van der Waals surface area (Å²) in [6.07, 6.45) is 2.56. The maximum Gasteiger partial charge on any atom is 0.234 e. The minimum atomic E-state index is -0.0722. The Morgan fingerprint density at radius 1 is 1.50 bits per heavy atom. The fraction of sp³-hybridized carbons (Fsp3) is 0.900. The maximum atomic E-state index is 10.8. The van der Waals surface area contributed by atoms with E-state index in [2.05, 4.69) is 17.1 Å². The van der Waals surface area contributed by atoms with Crippen molar-refractivity contribution in [1.82, 2.24) is 10.2 Å². The highest BCUT2D eigenvalue weighted by Gasteiger charge is 2.14. The third-order valence-electron chi connectivity index (χ3n) is 2.75. The molecule has 1 rings (SSSR count). The van der Waals surface area contributed by atoms with Crippen LogP contribution >= 0.6 is 11.6 Å². The molecule has 0 radical (unpaired) electrons. The maximum absolute atomic E-state index is 10.8. The van der Waals surface area contributed by atoms with Crippen LogP contribution in [0.15, 0.2) is 0 Å². The number of carbonyl (C=O) groups excluding carboxylic acids is 1. The van der Waals surface area contributed by atoms with E-state index >= 15 is 0 Å². The Hall–Kier alpha value is -0.280. The minimum Gasteiger partial charge on any atom is -0.354 e. The molecule has 0 aliphatic carbocycles. The van der Waals surface area contributed by atoms with Gasteiger partial charge >= 0.3 is 0 Å². The summed E-state index contributed by atoms with van der Waals surface area (Å²) in [6, 6.07) is 0. The number of hydrogen-bond donors (Lipinski definition) is 1. The van der Waals surface area contributed by atoms with Crippen LogP contribution in [0.5, 0.6) is 0 Å². The lowest BCUT2D eigenvalue weighted by molar-refractivity contribution is -0.118. The number of likely N-dealkylation sites (tertiary alicyclic amines) is 1. The second-order valence-corrected chi connectivity index (χ2v) is 4.28. The van der Waals surface area contributed by atoms with Crippen LogP contribution in [0.1, 0.15) is 19.8 Å². The normalized spacial score (nSPS) is 19.6. The first-order valence-electron chi connectivity index (χ1n) is 5.27. The van der Waals surface area contributed by atoms with E-state index in [1.165, 1.54) is 12.8 Å². The molecule has 1 N–H and O–H groups in total. The number of alkyl halides is 1. The molecule has 1 saturated heterocycles. The quantitative estimate of drug-likeness (QED) is 0.717. The summed E-state index contributed by atoms with van der Waals surface area (Å²) in [5.41, 5.74) is 0. The van der Waals surface area contributed by atoms with Crippen LogP contribution in [0.3, 0.4) is 0 Å². The fourth-order valence-corrected chi connectivity index (χ4v) is 1.78. The third-order valence-corrected chi connectivity index (χ3v) is 2.99. The van der Waals surface area contributed by atoms with Crippen LogP contribution in [-0.2, 0) is 4.79 Å². The Balaban J connectivity index is 2.04. The van der Waals surface area contributed by atoms with Gasteiger partial charge in [-0.05, 0) is 31.8 Å². The predicted octanol–water partition coefficient (Wildman–Crippen LogP) is 1.07. The van der Waals surface area contributed by atoms with E-state index in [0.717, 1.165) is 32.1 Å². The Morgan fingerprint density at radius 2 is 2.14 bits per heavy atom. The van der Waals surface area contributed by atoms with E-state index in [1.54, 1.807) is 0 Å². The lowest BCUT2D eigenvalue weighted by atomic mass is 9.99. The van der Waals surface area contributed by atoms with Gasteiger partial charge in [-0.25, -0.2) is 0 Å². The average Bonchev–Trinajstić information content (AvgIpc) is 2.21. The summed E-state index contributed by atoms with van der Waals surface area (Å²) in [7, 11) is 0. The monoisotopic (exact) mass is 218 g/mol. The van der Waals surface area contributed by atoms with Gasteiger partial charge in [0.2, 0.25) is 5.91 Å². The number of nitrogens with one attached hydrogen (secondary N) is 1. The predicted molar refractivity (Wildman–Crippen MR) is 58.6 cm³/mol. The summed E-state index contributed by atoms with van der Waals surface area (Å²) in [5.74, 6) is 0.859. The summed E-state index contributed by atoms with van der Waals surface area (Å²) < 4.78 is 0. The molecule has 1 fully saturated rings. The summed E-state index contributed by atoms with van der Waals surface area (Å²) in [6.45, 7) is 6.30. The van der Waals surface area contributed by atoms with E-state index in [0.29, 0.717) is 0 Å². The average molecular weight is 219 g/mol. The molecule has 1 amide bonds. The highest BCUT2D eigenvalue weighted by Crippen LogP contribution is 2.14. The van der Waals surface area contributed by atoms with Crippen LogP contribution in [0, 0.1) is 5.92 Å². The molecule has 0 spiro atoms. The molecule has 14 heavy (non-hydrogen) atoms. The highest BCUT2D eigenvalue weighted by molar-refractivity contribution is 6.27. The molecule has 1 aliphatic rings. The Bertz CT molecular complexity index is 179. The number of amides is 1. The molecule has 0 saturated carbocycles. The summed E-state index contributed by atoms with van der Waals surface area (Å²) in [5, 5.41) is 2.78. The van der Waals surface area contributed by atoms with E-state index in [-0.39, 0.29) is 11.8 Å². The molecular formula is C10H19ClN2O. The van der Waals surface area contributed by atoms with Crippen molar-refractivity contribution in [1.29, 1.82) is 0 Å². The second-order valence-electron chi connectivity index (χ2n) is 4.01. The molecular weight excluding hydrogens is 200 g/mol. The van der Waals surface area contributed by atoms with Crippen LogP contribution in [0.2, 0.25) is 0 Å². The Kier molecular flexibility index (Phi) is 5.26. The molecule has 0 aromatic carbocycles. The van der Waals surface area contributed by atoms with Gasteiger partial charge in [0.25, 0.3) is 0 Å². The number of piperidine rings is 1. The van der Waals surface area contributed by atoms with Crippen LogP contribution < -0.4 is 5.32 Å². The largest absolute Gasteiger partial charge is 0.354 e. The molecule has 82 valence electrons. The molecule has 0 unspecified atom stereocenters. The molecule has 1 heterocycles. The molecule has 0 atom stereocenters. The van der Waals surface area contributed by atoms with Crippen LogP contribution in [-0.4, -0.2) is 42.9 Å². The van der Waals surface area contributed by atoms with Gasteiger partial charge in [-0.15, -0.1) is 11.6 Å². The van der Waals surface area contributed by atoms with E-state index in [4.69, 9.17) is 11.6 Å². The van der Waals surface area contributed by atoms with Crippen molar-refractivity contribution < 1.29 is 4.79 Å². The Labute approximate surface area is 90.8 Å². The van der Waals surface area contributed by atoms with E-state index < -0.39 is 0 Å². The number of nitrogens with zero attached hydrogens (tertiary/aromatic N) is 1. The van der Waals surface area contributed by atoms with Crippen molar-refractivity contribution >= 4 is 17.5 Å². The molecule has 0 aromatic heterocycles. The van der Waals surface area contributed by atoms with Gasteiger partial charge < -0.3 is 10.2 Å². The fourth-order valence-electron chi connectivity index (χ4n) is 1.69. The van der Waals surface area contributed by atoms with Crippen molar-refractivity contribution in [2.24, 2.45) is 5.92 Å². The third kappa shape index (κ3) is 4.29. The molecule has 1 aliphatic heterocycles. The van der Waals surface area contributed by atoms with Crippen molar-refractivity contribution in [3.8, 4) is 0 Å². The van der Waals surface area contributed by atoms with Gasteiger partial charge in [0.1, 0.15) is 5.88 Å². The highest BCUT2D eigenvalue weighted by atomic mass is 35.5. The van der Waals surface area contributed by atoms with Gasteiger partial charge in [0, 0.05) is 13.1 Å². The molecule has 3 nitrogen and oxygen atoms in total. The van der Waals surface area contributed by atoms with Gasteiger partial charge in [-0.2, -0.15) is 0 Å². The smallest absolute Gasteiger partial charge is 0.234 e. The van der Waals surface area contributed by atoms with Crippen LogP contribution in [0.25, 0.3) is 0 Å². The number of hydrogen-bond acceptors (Lipinski definition) is 2. The lowest BCUT2D eigenvalue weighted by Gasteiger charge is -2.30. The number of halogens is 1. The molecule has 0 bridgehead atoms. The number of rotatable bonds is 4. The van der Waals surface area contributed by atoms with Gasteiger partial charge in [0.05, 0.1) is 0 Å². The van der Waals surface area contributed by atoms with Crippen molar-refractivity contribution in [2.75, 3.05) is 32.1 Å². The van der Waals surface area contributed by atoms with Crippen molar-refractivity contribution in [2.45, 2.75) is 19.8 Å². The van der Waals surface area contributed by atoms with Gasteiger partial charge in [-0.3, -0.25) is 4.79 Å². The first-order valence-corrected chi connectivity index (χ1v) is 5.81. The van der Waals surface area contributed by atoms with E-state index in [1.807, 2.05) is 0 Å². The van der Waals surface area contributed by atoms with Crippen molar-refractivity contribution in [3.05, 3.63) is 0 Å². The second kappa shape index (κ2) is 6.25. The van der Waals surface area contributed by atoms with Gasteiger partial charge in [0.15, 0.2) is 0 Å². The zero-order valence-corrected chi connectivity index (χ0v) is 9.52. The number of carbonyl (C=O) groups is 1.